The van der Waals surface area contributed by atoms with Crippen LogP contribution in [0.15, 0.2) is 79.0 Å². The molecule has 1 saturated carbocycles. The molecule has 244 valence electrons. The lowest BCUT2D eigenvalue weighted by molar-refractivity contribution is -0.131. The fraction of sp³-hybridized carbons (Fsp3) is 0.257. The number of unbranched alkanes of at least 4 members (excludes halogenated alkanes) is 1. The fourth-order valence-corrected chi connectivity index (χ4v) is 5.33. The Kier molecular flexibility index (Phi) is 10.7. The van der Waals surface area contributed by atoms with E-state index in [1.54, 1.807) is 25.1 Å². The summed E-state index contributed by atoms with van der Waals surface area (Å²) in [5.41, 5.74) is -0.215. The topological polar surface area (TPSA) is 116 Å². The maximum absolute atomic E-state index is 15.2. The molecule has 4 aromatic rings. The van der Waals surface area contributed by atoms with E-state index in [0.717, 1.165) is 24.7 Å². The third kappa shape index (κ3) is 8.44. The van der Waals surface area contributed by atoms with E-state index in [0.29, 0.717) is 53.3 Å². The van der Waals surface area contributed by atoms with Gasteiger partial charge in [-0.1, -0.05) is 23.9 Å². The molecule has 1 fully saturated rings. The van der Waals surface area contributed by atoms with E-state index >= 15 is 4.39 Å². The summed E-state index contributed by atoms with van der Waals surface area (Å²) in [6.07, 6.45) is 7.83. The third-order valence-corrected chi connectivity index (χ3v) is 8.34. The number of allylic oxidation sites excluding steroid dienone is 1. The lowest BCUT2D eigenvalue weighted by Gasteiger charge is -2.16. The Morgan fingerprint density at radius 3 is 2.30 bits per heavy atom. The van der Waals surface area contributed by atoms with Crippen LogP contribution in [0.4, 0.5) is 20.2 Å². The predicted octanol–water partition coefficient (Wildman–Crippen LogP) is 7.67. The van der Waals surface area contributed by atoms with Crippen molar-refractivity contribution in [2.24, 2.45) is 5.41 Å². The second kappa shape index (κ2) is 15.1. The van der Waals surface area contributed by atoms with Crippen molar-refractivity contribution in [3.8, 4) is 23.0 Å². The van der Waals surface area contributed by atoms with Gasteiger partial charge >= 0.3 is 0 Å². The molecule has 3 aromatic carbocycles. The summed E-state index contributed by atoms with van der Waals surface area (Å²) in [6, 6.07) is 14.2. The highest BCUT2D eigenvalue weighted by Crippen LogP contribution is 2.47. The number of hydrogen-bond donors (Lipinski definition) is 2. The smallest absolute Gasteiger partial charge is 0.240 e. The Morgan fingerprint density at radius 2 is 1.62 bits per heavy atom. The Labute approximate surface area is 274 Å². The van der Waals surface area contributed by atoms with Gasteiger partial charge in [-0.25, -0.2) is 8.78 Å². The highest BCUT2D eigenvalue weighted by molar-refractivity contribution is 8.13. The first-order chi connectivity index (χ1) is 22.7. The molecule has 1 aliphatic rings. The summed E-state index contributed by atoms with van der Waals surface area (Å²) in [6.45, 7) is 1.87. The molecule has 1 aliphatic carbocycles. The highest BCUT2D eigenvalue weighted by atomic mass is 32.2. The number of thioether (sulfide) groups is 1. The molecular weight excluding hydrogens is 628 g/mol. The standard InChI is InChI=1S/C35H33F2N3O6S/c1-22(41)47-18-6-4-3-5-17-45-32-21-28-26(20-31(32)44-2)29(13-16-38-28)46-30-12-11-25(19-27(30)37)40-34(43)35(14-15-35)33(42)39-24-9-7-23(36)8-10-24/h3,5,7-13,16,19-21H,4,6,14-15,17-18H2,1-2H3,(H,39,42)(H,40,43)/b5-3+. The molecule has 47 heavy (non-hydrogen) atoms. The number of fused-ring (bicyclic) bond motifs is 1. The molecular formula is C35H33F2N3O6S. The Morgan fingerprint density at radius 1 is 0.894 bits per heavy atom. The second-order valence-corrected chi connectivity index (χ2v) is 12.1. The first-order valence-electron chi connectivity index (χ1n) is 14.9. The minimum atomic E-state index is -1.29. The van der Waals surface area contributed by atoms with Crippen LogP contribution < -0.4 is 24.8 Å². The zero-order valence-electron chi connectivity index (χ0n) is 25.8. The number of nitrogens with zero attached hydrogens (tertiary/aromatic N) is 1. The molecule has 0 bridgehead atoms. The molecule has 0 atom stereocenters. The Hall–Kier alpha value is -4.97. The number of amides is 2. The molecule has 12 heteroatoms. The molecule has 2 N–H and O–H groups in total. The van der Waals surface area contributed by atoms with Crippen LogP contribution in [-0.2, 0) is 14.4 Å². The van der Waals surface area contributed by atoms with Crippen molar-refractivity contribution in [3.05, 3.63) is 90.6 Å². The van der Waals surface area contributed by atoms with Crippen LogP contribution in [0, 0.1) is 17.0 Å². The predicted molar refractivity (Wildman–Crippen MR) is 177 cm³/mol. The maximum atomic E-state index is 15.2. The number of benzene rings is 3. The number of halogens is 2. The quantitative estimate of drug-likeness (QED) is 0.0804. The average Bonchev–Trinajstić information content (AvgIpc) is 3.87. The lowest BCUT2D eigenvalue weighted by Crippen LogP contribution is -2.35. The van der Waals surface area contributed by atoms with Crippen molar-refractivity contribution in [3.63, 3.8) is 0 Å². The maximum Gasteiger partial charge on any atom is 0.240 e. The zero-order valence-corrected chi connectivity index (χ0v) is 26.6. The number of aromatic nitrogens is 1. The lowest BCUT2D eigenvalue weighted by atomic mass is 10.0. The Balaban J connectivity index is 1.22. The van der Waals surface area contributed by atoms with Gasteiger partial charge in [0.2, 0.25) is 11.8 Å². The van der Waals surface area contributed by atoms with Crippen molar-refractivity contribution in [1.29, 1.82) is 0 Å². The van der Waals surface area contributed by atoms with Crippen LogP contribution in [-0.4, -0.2) is 41.4 Å². The SMILES string of the molecule is COc1cc2c(Oc3ccc(NC(=O)C4(C(=O)Nc5ccc(F)cc5)CC4)cc3F)ccnc2cc1OC/C=C/CCCSC(C)=O. The number of pyridine rings is 1. The van der Waals surface area contributed by atoms with Crippen molar-refractivity contribution in [1.82, 2.24) is 4.98 Å². The van der Waals surface area contributed by atoms with Crippen LogP contribution in [0.1, 0.15) is 32.6 Å². The van der Waals surface area contributed by atoms with Crippen LogP contribution in [0.3, 0.4) is 0 Å². The van der Waals surface area contributed by atoms with E-state index in [9.17, 15) is 18.8 Å². The van der Waals surface area contributed by atoms with Gasteiger partial charge in [-0.15, -0.1) is 0 Å². The van der Waals surface area contributed by atoms with Crippen molar-refractivity contribution in [2.45, 2.75) is 32.6 Å². The second-order valence-electron chi connectivity index (χ2n) is 10.8. The average molecular weight is 662 g/mol. The van der Waals surface area contributed by atoms with Gasteiger partial charge in [-0.3, -0.25) is 19.4 Å². The normalized spacial score (nSPS) is 13.3. The molecule has 5 rings (SSSR count). The summed E-state index contributed by atoms with van der Waals surface area (Å²) in [7, 11) is 1.51. The summed E-state index contributed by atoms with van der Waals surface area (Å²) in [5.74, 6) is -0.302. The van der Waals surface area contributed by atoms with Crippen molar-refractivity contribution >= 4 is 51.0 Å². The molecule has 0 radical (unpaired) electrons. The Bertz CT molecular complexity index is 1810. The van der Waals surface area contributed by atoms with Crippen LogP contribution in [0.5, 0.6) is 23.0 Å². The van der Waals surface area contributed by atoms with Gasteiger partial charge in [0.05, 0.1) is 12.6 Å². The van der Waals surface area contributed by atoms with Gasteiger partial charge in [0, 0.05) is 47.8 Å². The van der Waals surface area contributed by atoms with Crippen molar-refractivity contribution in [2.75, 3.05) is 30.1 Å². The van der Waals surface area contributed by atoms with Gasteiger partial charge in [0.15, 0.2) is 28.2 Å². The first-order valence-corrected chi connectivity index (χ1v) is 15.9. The fourth-order valence-electron chi connectivity index (χ4n) is 4.73. The molecule has 2 amide bonds. The molecule has 1 aromatic heterocycles. The summed E-state index contributed by atoms with van der Waals surface area (Å²) < 4.78 is 45.8. The number of ether oxygens (including phenoxy) is 3. The zero-order chi connectivity index (χ0) is 33.4. The molecule has 1 heterocycles. The van der Waals surface area contributed by atoms with E-state index in [1.165, 1.54) is 61.5 Å². The van der Waals surface area contributed by atoms with Gasteiger partial charge in [-0.2, -0.15) is 0 Å². The number of nitrogens with one attached hydrogen (secondary N) is 2. The molecule has 0 aliphatic heterocycles. The van der Waals surface area contributed by atoms with E-state index in [4.69, 9.17) is 14.2 Å². The van der Waals surface area contributed by atoms with Gasteiger partial charge in [-0.05, 0) is 74.2 Å². The number of methoxy groups -OCH3 is 1. The monoisotopic (exact) mass is 661 g/mol. The van der Waals surface area contributed by atoms with Gasteiger partial charge in [0.1, 0.15) is 23.6 Å². The summed E-state index contributed by atoms with van der Waals surface area (Å²) in [4.78, 5) is 41.3. The third-order valence-electron chi connectivity index (χ3n) is 7.44. The van der Waals surface area contributed by atoms with E-state index < -0.39 is 28.9 Å². The van der Waals surface area contributed by atoms with E-state index in [2.05, 4.69) is 15.6 Å². The van der Waals surface area contributed by atoms with Crippen LogP contribution in [0.2, 0.25) is 0 Å². The number of carbonyl (C=O) groups excluding carboxylic acids is 3. The first kappa shape index (κ1) is 33.4. The number of hydrogen-bond acceptors (Lipinski definition) is 8. The van der Waals surface area contributed by atoms with Crippen molar-refractivity contribution < 1.29 is 37.4 Å². The largest absolute Gasteiger partial charge is 0.493 e. The summed E-state index contributed by atoms with van der Waals surface area (Å²) in [5, 5.41) is 5.95. The van der Waals surface area contributed by atoms with Gasteiger partial charge in [0.25, 0.3) is 0 Å². The minimum Gasteiger partial charge on any atom is -0.493 e. The summed E-state index contributed by atoms with van der Waals surface area (Å²) >= 11 is 1.31. The number of rotatable bonds is 14. The molecule has 0 spiro atoms. The van der Waals surface area contributed by atoms with E-state index in [1.807, 2.05) is 12.2 Å². The van der Waals surface area contributed by atoms with Gasteiger partial charge < -0.3 is 24.8 Å². The molecule has 0 saturated heterocycles. The number of anilines is 2. The highest BCUT2D eigenvalue weighted by Gasteiger charge is 2.56. The molecule has 9 nitrogen and oxygen atoms in total. The minimum absolute atomic E-state index is 0.0863. The van der Waals surface area contributed by atoms with Crippen LogP contribution >= 0.6 is 11.8 Å². The van der Waals surface area contributed by atoms with Crippen LogP contribution in [0.25, 0.3) is 10.9 Å². The number of carbonyl (C=O) groups is 3. The van der Waals surface area contributed by atoms with E-state index in [-0.39, 0.29) is 16.6 Å². The molecule has 0 unspecified atom stereocenters.